The molecular weight excluding hydrogens is 330 g/mol. The molecule has 0 aliphatic carbocycles. The maximum atomic E-state index is 12.8. The van der Waals surface area contributed by atoms with Gasteiger partial charge >= 0.3 is 6.09 Å². The average molecular weight is 361 g/mol. The number of nitrogens with zero attached hydrogens (tertiary/aromatic N) is 3. The van der Waals surface area contributed by atoms with Crippen molar-refractivity contribution in [1.82, 2.24) is 9.80 Å². The number of ether oxygens (including phenoxy) is 1. The van der Waals surface area contributed by atoms with Gasteiger partial charge in [-0.25, -0.2) is 4.79 Å². The van der Waals surface area contributed by atoms with E-state index in [1.54, 1.807) is 4.90 Å². The zero-order valence-corrected chi connectivity index (χ0v) is 16.6. The van der Waals surface area contributed by atoms with Crippen LogP contribution in [0, 0.1) is 0 Å². The first kappa shape index (κ1) is 20.2. The second kappa shape index (κ2) is 8.54. The van der Waals surface area contributed by atoms with E-state index in [-0.39, 0.29) is 18.0 Å². The normalized spacial score (nSPS) is 15.8. The topological polar surface area (TPSA) is 53.1 Å². The van der Waals surface area contributed by atoms with Crippen LogP contribution in [0.15, 0.2) is 30.3 Å². The van der Waals surface area contributed by atoms with Crippen molar-refractivity contribution < 1.29 is 14.3 Å². The van der Waals surface area contributed by atoms with Crippen molar-refractivity contribution in [3.8, 4) is 0 Å². The molecule has 1 aliphatic heterocycles. The number of hydrogen-bond acceptors (Lipinski definition) is 4. The lowest BCUT2D eigenvalue weighted by Gasteiger charge is -2.36. The molecule has 6 nitrogen and oxygen atoms in total. The Labute approximate surface area is 156 Å². The van der Waals surface area contributed by atoms with Gasteiger partial charge in [-0.15, -0.1) is 0 Å². The SMILES string of the molecule is CC(C)N(C(=O)CN1CCN(C(=O)OC(C)(C)C)CC1)c1ccccc1. The molecule has 0 N–H and O–H groups in total. The molecule has 26 heavy (non-hydrogen) atoms. The van der Waals surface area contributed by atoms with E-state index in [0.717, 1.165) is 5.69 Å². The van der Waals surface area contributed by atoms with Crippen LogP contribution < -0.4 is 4.90 Å². The van der Waals surface area contributed by atoms with Crippen molar-refractivity contribution in [3.63, 3.8) is 0 Å². The molecule has 6 heteroatoms. The fraction of sp³-hybridized carbons (Fsp3) is 0.600. The van der Waals surface area contributed by atoms with Gasteiger partial charge in [-0.2, -0.15) is 0 Å². The zero-order valence-electron chi connectivity index (χ0n) is 16.6. The number of rotatable bonds is 4. The van der Waals surface area contributed by atoms with Crippen molar-refractivity contribution in [1.29, 1.82) is 0 Å². The highest BCUT2D eigenvalue weighted by Crippen LogP contribution is 2.18. The minimum absolute atomic E-state index is 0.0805. The van der Waals surface area contributed by atoms with Gasteiger partial charge in [0.05, 0.1) is 6.54 Å². The largest absolute Gasteiger partial charge is 0.444 e. The van der Waals surface area contributed by atoms with E-state index in [1.165, 1.54) is 0 Å². The van der Waals surface area contributed by atoms with Gasteiger partial charge in [0.2, 0.25) is 5.91 Å². The molecule has 144 valence electrons. The number of carbonyl (C=O) groups excluding carboxylic acids is 2. The highest BCUT2D eigenvalue weighted by atomic mass is 16.6. The summed E-state index contributed by atoms with van der Waals surface area (Å²) in [6.07, 6.45) is -0.281. The molecule has 1 aromatic rings. The molecule has 1 saturated heterocycles. The number of amides is 2. The smallest absolute Gasteiger partial charge is 0.410 e. The molecule has 0 aromatic heterocycles. The van der Waals surface area contributed by atoms with Crippen molar-refractivity contribution in [2.75, 3.05) is 37.6 Å². The Morgan fingerprint density at radius 2 is 1.65 bits per heavy atom. The molecule has 2 amide bonds. The van der Waals surface area contributed by atoms with Crippen LogP contribution in [0.4, 0.5) is 10.5 Å². The van der Waals surface area contributed by atoms with E-state index in [2.05, 4.69) is 4.90 Å². The summed E-state index contributed by atoms with van der Waals surface area (Å²) in [6.45, 7) is 12.5. The lowest BCUT2D eigenvalue weighted by Crippen LogP contribution is -2.53. The van der Waals surface area contributed by atoms with E-state index in [9.17, 15) is 9.59 Å². The monoisotopic (exact) mass is 361 g/mol. The van der Waals surface area contributed by atoms with E-state index >= 15 is 0 Å². The Morgan fingerprint density at radius 3 is 2.15 bits per heavy atom. The van der Waals surface area contributed by atoms with Crippen LogP contribution in [0.25, 0.3) is 0 Å². The Hall–Kier alpha value is -2.08. The summed E-state index contributed by atoms with van der Waals surface area (Å²) in [4.78, 5) is 30.6. The van der Waals surface area contributed by atoms with Gasteiger partial charge < -0.3 is 14.5 Å². The molecule has 1 aromatic carbocycles. The first-order valence-corrected chi connectivity index (χ1v) is 9.25. The second-order valence-corrected chi connectivity index (χ2v) is 7.94. The lowest BCUT2D eigenvalue weighted by molar-refractivity contribution is -0.120. The standard InChI is InChI=1S/C20H31N3O3/c1-16(2)23(17-9-7-6-8-10-17)18(24)15-21-11-13-22(14-12-21)19(25)26-20(3,4)5/h6-10,16H,11-15H2,1-5H3. The van der Waals surface area contributed by atoms with Crippen molar-refractivity contribution in [2.45, 2.75) is 46.3 Å². The first-order chi connectivity index (χ1) is 12.2. The summed E-state index contributed by atoms with van der Waals surface area (Å²) in [5, 5.41) is 0. The molecule has 0 bridgehead atoms. The Kier molecular flexibility index (Phi) is 6.64. The third-order valence-electron chi connectivity index (χ3n) is 4.20. The van der Waals surface area contributed by atoms with Gasteiger partial charge in [0, 0.05) is 37.9 Å². The summed E-state index contributed by atoms with van der Waals surface area (Å²) in [7, 11) is 0. The highest BCUT2D eigenvalue weighted by Gasteiger charge is 2.28. The average Bonchev–Trinajstić information content (AvgIpc) is 2.54. The summed E-state index contributed by atoms with van der Waals surface area (Å²) >= 11 is 0. The molecule has 0 radical (unpaired) electrons. The van der Waals surface area contributed by atoms with Gasteiger partial charge in [0.25, 0.3) is 0 Å². The number of carbonyl (C=O) groups is 2. The van der Waals surface area contributed by atoms with Crippen LogP contribution in [0.1, 0.15) is 34.6 Å². The van der Waals surface area contributed by atoms with Gasteiger partial charge in [0.1, 0.15) is 5.60 Å². The van der Waals surface area contributed by atoms with Crippen molar-refractivity contribution in [2.24, 2.45) is 0 Å². The summed E-state index contributed by atoms with van der Waals surface area (Å²) in [5.41, 5.74) is 0.428. The molecule has 0 atom stereocenters. The van der Waals surface area contributed by atoms with Crippen molar-refractivity contribution in [3.05, 3.63) is 30.3 Å². The molecule has 0 spiro atoms. The van der Waals surface area contributed by atoms with Crippen LogP contribution in [-0.2, 0) is 9.53 Å². The van der Waals surface area contributed by atoms with Crippen LogP contribution in [-0.4, -0.2) is 66.2 Å². The van der Waals surface area contributed by atoms with Gasteiger partial charge in [-0.3, -0.25) is 9.69 Å². The molecule has 1 aliphatic rings. The zero-order chi connectivity index (χ0) is 19.3. The molecule has 0 unspecified atom stereocenters. The minimum atomic E-state index is -0.488. The molecule has 2 rings (SSSR count). The number of benzene rings is 1. The van der Waals surface area contributed by atoms with E-state index in [4.69, 9.17) is 4.74 Å². The number of anilines is 1. The number of piperazine rings is 1. The molecule has 1 heterocycles. The second-order valence-electron chi connectivity index (χ2n) is 7.94. The Balaban J connectivity index is 1.90. The maximum absolute atomic E-state index is 12.8. The summed E-state index contributed by atoms with van der Waals surface area (Å²) < 4.78 is 5.41. The van der Waals surface area contributed by atoms with Gasteiger partial charge in [-0.05, 0) is 46.8 Å². The summed E-state index contributed by atoms with van der Waals surface area (Å²) in [6, 6.07) is 9.83. The fourth-order valence-corrected chi connectivity index (χ4v) is 3.00. The van der Waals surface area contributed by atoms with Crippen LogP contribution in [0.3, 0.4) is 0 Å². The molecular formula is C20H31N3O3. The Bertz CT molecular complexity index is 602. The van der Waals surface area contributed by atoms with E-state index in [1.807, 2.05) is 69.9 Å². The van der Waals surface area contributed by atoms with Crippen LogP contribution in [0.2, 0.25) is 0 Å². The van der Waals surface area contributed by atoms with Gasteiger partial charge in [0.15, 0.2) is 0 Å². The Morgan fingerprint density at radius 1 is 1.08 bits per heavy atom. The van der Waals surface area contributed by atoms with Crippen LogP contribution in [0.5, 0.6) is 0 Å². The third-order valence-corrected chi connectivity index (χ3v) is 4.20. The number of para-hydroxylation sites is 1. The lowest BCUT2D eigenvalue weighted by atomic mass is 10.2. The number of hydrogen-bond donors (Lipinski definition) is 0. The predicted molar refractivity (Wildman–Crippen MR) is 103 cm³/mol. The van der Waals surface area contributed by atoms with E-state index < -0.39 is 5.60 Å². The maximum Gasteiger partial charge on any atom is 0.410 e. The quantitative estimate of drug-likeness (QED) is 0.827. The van der Waals surface area contributed by atoms with Crippen LogP contribution >= 0.6 is 0 Å². The predicted octanol–water partition coefficient (Wildman–Crippen LogP) is 2.98. The molecule has 1 fully saturated rings. The van der Waals surface area contributed by atoms with Crippen molar-refractivity contribution >= 4 is 17.7 Å². The first-order valence-electron chi connectivity index (χ1n) is 9.25. The minimum Gasteiger partial charge on any atom is -0.444 e. The van der Waals surface area contributed by atoms with Gasteiger partial charge in [-0.1, -0.05) is 18.2 Å². The fourth-order valence-electron chi connectivity index (χ4n) is 3.00. The highest BCUT2D eigenvalue weighted by molar-refractivity contribution is 5.95. The summed E-state index contributed by atoms with van der Waals surface area (Å²) in [5.74, 6) is 0.0805. The van der Waals surface area contributed by atoms with E-state index in [0.29, 0.717) is 32.7 Å². The third kappa shape index (κ3) is 5.73. The molecule has 0 saturated carbocycles.